The second kappa shape index (κ2) is 14.9. The molecule has 0 unspecified atom stereocenters. The fourth-order valence-corrected chi connectivity index (χ4v) is 5.30. The molecule has 0 saturated heterocycles. The van der Waals surface area contributed by atoms with Gasteiger partial charge in [0.25, 0.3) is 5.56 Å². The van der Waals surface area contributed by atoms with Gasteiger partial charge in [-0.15, -0.1) is 0 Å². The first-order chi connectivity index (χ1) is 23.1. The number of rotatable bonds is 11. The first-order valence-electron chi connectivity index (χ1n) is 15.1. The van der Waals surface area contributed by atoms with Gasteiger partial charge in [-0.1, -0.05) is 66.7 Å². The number of carboxylic acid groups (broad SMARTS) is 1. The maximum atomic E-state index is 13.8. The molecule has 0 aliphatic heterocycles. The van der Waals surface area contributed by atoms with Gasteiger partial charge in [-0.2, -0.15) is 0 Å². The quantitative estimate of drug-likeness (QED) is 0.156. The van der Waals surface area contributed by atoms with Crippen LogP contribution in [-0.4, -0.2) is 46.5 Å². The topological polar surface area (TPSA) is 156 Å². The highest BCUT2D eigenvalue weighted by molar-refractivity contribution is 6.36. The number of pyridine rings is 1. The average Bonchev–Trinajstić information content (AvgIpc) is 3.08. The first-order valence-corrected chi connectivity index (χ1v) is 15.1. The summed E-state index contributed by atoms with van der Waals surface area (Å²) in [5, 5.41) is 18.6. The van der Waals surface area contributed by atoms with Crippen LogP contribution in [0.1, 0.15) is 22.3 Å². The summed E-state index contributed by atoms with van der Waals surface area (Å²) in [6.45, 7) is 1.98. The van der Waals surface area contributed by atoms with Gasteiger partial charge in [0.2, 0.25) is 11.8 Å². The Labute approximate surface area is 276 Å². The molecule has 0 saturated carbocycles. The number of aryl methyl sites for hydroxylation is 1. The first kappa shape index (κ1) is 33.1. The lowest BCUT2D eigenvalue weighted by atomic mass is 10.0. The second-order valence-electron chi connectivity index (χ2n) is 11.2. The molecule has 11 heteroatoms. The van der Waals surface area contributed by atoms with E-state index in [1.807, 2.05) is 54.6 Å². The van der Waals surface area contributed by atoms with Gasteiger partial charge < -0.3 is 30.4 Å². The van der Waals surface area contributed by atoms with Crippen LogP contribution in [0.3, 0.4) is 0 Å². The van der Waals surface area contributed by atoms with Crippen LogP contribution in [0.4, 0.5) is 11.4 Å². The number of carbonyl (C=O) groups excluding carboxylic acids is 3. The molecule has 5 rings (SSSR count). The highest BCUT2D eigenvalue weighted by atomic mass is 16.5. The van der Waals surface area contributed by atoms with Crippen molar-refractivity contribution in [3.05, 3.63) is 136 Å². The van der Waals surface area contributed by atoms with Crippen molar-refractivity contribution in [3.63, 3.8) is 0 Å². The molecule has 4 aromatic carbocycles. The number of fused-ring (bicyclic) bond motifs is 1. The van der Waals surface area contributed by atoms with Crippen LogP contribution in [-0.2, 0) is 38.6 Å². The highest BCUT2D eigenvalue weighted by Gasteiger charge is 2.24. The lowest BCUT2D eigenvalue weighted by molar-refractivity contribution is -0.147. The minimum absolute atomic E-state index is 0.0182. The van der Waals surface area contributed by atoms with Gasteiger partial charge in [0.1, 0.15) is 17.5 Å². The van der Waals surface area contributed by atoms with Crippen molar-refractivity contribution in [2.75, 3.05) is 17.7 Å². The maximum Gasteiger partial charge on any atom is 0.394 e. The summed E-state index contributed by atoms with van der Waals surface area (Å²) in [5.74, 6) is -3.10. The molecule has 0 radical (unpaired) electrons. The lowest BCUT2D eigenvalue weighted by Crippen LogP contribution is -2.46. The fraction of sp³-hybridized carbons (Fsp3) is 0.162. The number of carboxylic acids is 1. The molecule has 244 valence electrons. The van der Waals surface area contributed by atoms with Gasteiger partial charge in [0, 0.05) is 18.3 Å². The number of anilines is 2. The zero-order valence-electron chi connectivity index (χ0n) is 26.4. The van der Waals surface area contributed by atoms with Gasteiger partial charge in [0.15, 0.2) is 0 Å². The Bertz CT molecular complexity index is 2030. The standard InChI is InChI=1S/C37H34N4O7/c1-23-18-19-41(22-25-12-16-29(48-2)17-13-25)36(45)33(23)40-34(43)31(20-24-10-14-28(15-11-24)38-35(44)37(46)47)39-32(42)21-27-8-5-7-26-6-3-4-9-30(26)27/h3-19,31H,20-22H2,1-2H3,(H,38,44)(H,39,42)(H,40,43)(H,46,47)/t31-/m0/s1. The number of ether oxygens (including phenoxy) is 1. The SMILES string of the molecule is COc1ccc(Cn2ccc(C)c(NC(=O)[C@H](Cc3ccc(NC(=O)C(=O)O)cc3)NC(=O)Cc3cccc4ccccc34)c2=O)cc1. The second-order valence-corrected chi connectivity index (χ2v) is 11.2. The number of nitrogens with zero attached hydrogens (tertiary/aromatic N) is 1. The van der Waals surface area contributed by atoms with Crippen LogP contribution >= 0.6 is 0 Å². The molecule has 0 aliphatic carbocycles. The van der Waals surface area contributed by atoms with Crippen LogP contribution in [0, 0.1) is 6.92 Å². The number of nitrogens with one attached hydrogen (secondary N) is 3. The molecule has 3 amide bonds. The van der Waals surface area contributed by atoms with Crippen molar-refractivity contribution >= 4 is 45.8 Å². The molecular weight excluding hydrogens is 612 g/mol. The van der Waals surface area contributed by atoms with E-state index < -0.39 is 35.3 Å². The Morgan fingerprint density at radius 2 is 1.52 bits per heavy atom. The highest BCUT2D eigenvalue weighted by Crippen LogP contribution is 2.20. The lowest BCUT2D eigenvalue weighted by Gasteiger charge is -2.20. The summed E-state index contributed by atoms with van der Waals surface area (Å²) in [4.78, 5) is 63.3. The van der Waals surface area contributed by atoms with Crippen molar-refractivity contribution in [2.45, 2.75) is 32.4 Å². The van der Waals surface area contributed by atoms with Crippen molar-refractivity contribution in [1.82, 2.24) is 9.88 Å². The van der Waals surface area contributed by atoms with Crippen LogP contribution in [0.5, 0.6) is 5.75 Å². The number of methoxy groups -OCH3 is 1. The van der Waals surface area contributed by atoms with Crippen molar-refractivity contribution in [2.24, 2.45) is 0 Å². The molecule has 0 fully saturated rings. The van der Waals surface area contributed by atoms with Crippen LogP contribution in [0.15, 0.2) is 108 Å². The maximum absolute atomic E-state index is 13.8. The van der Waals surface area contributed by atoms with E-state index in [9.17, 15) is 24.0 Å². The van der Waals surface area contributed by atoms with E-state index >= 15 is 0 Å². The Morgan fingerprint density at radius 3 is 2.23 bits per heavy atom. The smallest absolute Gasteiger partial charge is 0.394 e. The molecule has 4 N–H and O–H groups in total. The van der Waals surface area contributed by atoms with E-state index in [-0.39, 0.29) is 30.8 Å². The number of carbonyl (C=O) groups is 4. The molecule has 1 aromatic heterocycles. The monoisotopic (exact) mass is 646 g/mol. The molecular formula is C37H34N4O7. The Hall–Kier alpha value is -6.23. The molecule has 0 spiro atoms. The van der Waals surface area contributed by atoms with E-state index in [2.05, 4.69) is 16.0 Å². The molecule has 0 bridgehead atoms. The number of amides is 3. The summed E-state index contributed by atoms with van der Waals surface area (Å²) in [5.41, 5.74) is 2.78. The van der Waals surface area contributed by atoms with Gasteiger partial charge in [0.05, 0.1) is 20.1 Å². The van der Waals surface area contributed by atoms with Crippen molar-refractivity contribution in [1.29, 1.82) is 0 Å². The third kappa shape index (κ3) is 8.13. The molecule has 11 nitrogen and oxygen atoms in total. The molecule has 5 aromatic rings. The number of benzene rings is 4. The van der Waals surface area contributed by atoms with Gasteiger partial charge in [-0.3, -0.25) is 19.2 Å². The minimum Gasteiger partial charge on any atom is -0.497 e. The van der Waals surface area contributed by atoms with Crippen molar-refractivity contribution < 1.29 is 29.0 Å². The van der Waals surface area contributed by atoms with E-state index in [1.165, 1.54) is 16.7 Å². The number of hydrogen-bond acceptors (Lipinski definition) is 6. The minimum atomic E-state index is -1.62. The Kier molecular flexibility index (Phi) is 10.3. The predicted molar refractivity (Wildman–Crippen MR) is 182 cm³/mol. The third-order valence-electron chi connectivity index (χ3n) is 7.86. The summed E-state index contributed by atoms with van der Waals surface area (Å²) >= 11 is 0. The summed E-state index contributed by atoms with van der Waals surface area (Å²) in [7, 11) is 1.57. The molecule has 1 atom stereocenters. The largest absolute Gasteiger partial charge is 0.497 e. The van der Waals surface area contributed by atoms with Gasteiger partial charge in [-0.25, -0.2) is 4.79 Å². The van der Waals surface area contributed by atoms with E-state index in [1.54, 1.807) is 50.6 Å². The van der Waals surface area contributed by atoms with Gasteiger partial charge >= 0.3 is 11.9 Å². The van der Waals surface area contributed by atoms with E-state index in [0.717, 1.165) is 21.9 Å². The number of aliphatic carboxylic acids is 1. The summed E-state index contributed by atoms with van der Waals surface area (Å²) in [6, 6.07) is 27.6. The third-order valence-corrected chi connectivity index (χ3v) is 7.86. The van der Waals surface area contributed by atoms with E-state index in [0.29, 0.717) is 16.9 Å². The molecule has 0 aliphatic rings. The van der Waals surface area contributed by atoms with Crippen LogP contribution in [0.25, 0.3) is 10.8 Å². The van der Waals surface area contributed by atoms with Crippen molar-refractivity contribution in [3.8, 4) is 5.75 Å². The summed E-state index contributed by atoms with van der Waals surface area (Å²) in [6.07, 6.45) is 1.72. The van der Waals surface area contributed by atoms with E-state index in [4.69, 9.17) is 9.84 Å². The average molecular weight is 647 g/mol. The fourth-order valence-electron chi connectivity index (χ4n) is 5.30. The number of hydrogen-bond donors (Lipinski definition) is 4. The molecule has 48 heavy (non-hydrogen) atoms. The summed E-state index contributed by atoms with van der Waals surface area (Å²) < 4.78 is 6.70. The van der Waals surface area contributed by atoms with Gasteiger partial charge in [-0.05, 0) is 70.3 Å². The number of aromatic nitrogens is 1. The normalized spacial score (nSPS) is 11.4. The zero-order chi connectivity index (χ0) is 34.2. The van der Waals surface area contributed by atoms with Crippen LogP contribution < -0.4 is 26.2 Å². The Balaban J connectivity index is 1.38. The Morgan fingerprint density at radius 1 is 0.833 bits per heavy atom. The predicted octanol–water partition coefficient (Wildman–Crippen LogP) is 4.30. The van der Waals surface area contributed by atoms with Crippen LogP contribution in [0.2, 0.25) is 0 Å². The molecule has 1 heterocycles. The zero-order valence-corrected chi connectivity index (χ0v) is 26.4.